The third-order valence-electron chi connectivity index (χ3n) is 2.81. The lowest BCUT2D eigenvalue weighted by Crippen LogP contribution is -2.26. The van der Waals surface area contributed by atoms with Gasteiger partial charge in [-0.05, 0) is 19.4 Å². The van der Waals surface area contributed by atoms with Crippen molar-refractivity contribution in [1.29, 1.82) is 0 Å². The molecule has 0 aromatic carbocycles. The molecule has 1 atom stereocenters. The second kappa shape index (κ2) is 4.31. The van der Waals surface area contributed by atoms with Crippen LogP contribution in [0.15, 0.2) is 11.7 Å². The van der Waals surface area contributed by atoms with E-state index in [1.54, 1.807) is 11.3 Å². The maximum atomic E-state index is 4.60. The normalized spacial score (nSPS) is 21.1. The lowest BCUT2D eigenvalue weighted by molar-refractivity contribution is 0.407. The number of nitrogens with zero attached hydrogens (tertiary/aromatic N) is 3. The maximum absolute atomic E-state index is 4.60. The van der Waals surface area contributed by atoms with Gasteiger partial charge in [0.1, 0.15) is 6.33 Å². The minimum Gasteiger partial charge on any atom is -0.309 e. The van der Waals surface area contributed by atoms with E-state index in [0.29, 0.717) is 6.04 Å². The minimum atomic E-state index is 0.418. The van der Waals surface area contributed by atoms with E-state index in [2.05, 4.69) is 30.9 Å². The van der Waals surface area contributed by atoms with E-state index >= 15 is 0 Å². The molecule has 1 aliphatic heterocycles. The van der Waals surface area contributed by atoms with Crippen molar-refractivity contribution in [1.82, 2.24) is 25.5 Å². The minimum absolute atomic E-state index is 0.418. The second-order valence-corrected chi connectivity index (χ2v) is 4.77. The van der Waals surface area contributed by atoms with Gasteiger partial charge in [0.15, 0.2) is 10.8 Å². The first-order valence-electron chi connectivity index (χ1n) is 5.48. The van der Waals surface area contributed by atoms with Gasteiger partial charge in [-0.15, -0.1) is 11.3 Å². The van der Waals surface area contributed by atoms with Crippen LogP contribution in [0.1, 0.15) is 31.0 Å². The Morgan fingerprint density at radius 1 is 1.38 bits per heavy atom. The SMILES string of the molecule is c1n[nH]c(-c2nc(C3CCCCN3)cs2)n1. The van der Waals surface area contributed by atoms with Gasteiger partial charge in [0.25, 0.3) is 0 Å². The number of hydrogen-bond donors (Lipinski definition) is 2. The van der Waals surface area contributed by atoms with Crippen molar-refractivity contribution in [2.45, 2.75) is 25.3 Å². The van der Waals surface area contributed by atoms with Crippen molar-refractivity contribution in [2.75, 3.05) is 6.54 Å². The fourth-order valence-electron chi connectivity index (χ4n) is 1.97. The fourth-order valence-corrected chi connectivity index (χ4v) is 2.79. The van der Waals surface area contributed by atoms with Crippen molar-refractivity contribution < 1.29 is 0 Å². The van der Waals surface area contributed by atoms with Crippen LogP contribution in [0.25, 0.3) is 10.8 Å². The van der Waals surface area contributed by atoms with Crippen molar-refractivity contribution in [3.05, 3.63) is 17.4 Å². The van der Waals surface area contributed by atoms with Crippen molar-refractivity contribution >= 4 is 11.3 Å². The number of aromatic amines is 1. The topological polar surface area (TPSA) is 66.5 Å². The van der Waals surface area contributed by atoms with Gasteiger partial charge in [-0.25, -0.2) is 9.97 Å². The molecule has 1 unspecified atom stereocenters. The van der Waals surface area contributed by atoms with E-state index in [1.807, 2.05) is 0 Å². The molecule has 0 saturated carbocycles. The molecule has 0 aliphatic carbocycles. The molecular formula is C10H13N5S. The Hall–Kier alpha value is -1.27. The molecule has 0 bridgehead atoms. The first kappa shape index (κ1) is 9.92. The molecule has 1 fully saturated rings. The Kier molecular flexibility index (Phi) is 2.67. The highest BCUT2D eigenvalue weighted by atomic mass is 32.1. The highest BCUT2D eigenvalue weighted by molar-refractivity contribution is 7.13. The summed E-state index contributed by atoms with van der Waals surface area (Å²) in [5.74, 6) is 0.757. The third kappa shape index (κ3) is 1.85. The fraction of sp³-hybridized carbons (Fsp3) is 0.500. The van der Waals surface area contributed by atoms with E-state index in [9.17, 15) is 0 Å². The average molecular weight is 235 g/mol. The van der Waals surface area contributed by atoms with Crippen LogP contribution in [0.3, 0.4) is 0 Å². The van der Waals surface area contributed by atoms with Crippen LogP contribution in [-0.2, 0) is 0 Å². The number of rotatable bonds is 2. The Morgan fingerprint density at radius 3 is 3.12 bits per heavy atom. The number of hydrogen-bond acceptors (Lipinski definition) is 5. The number of aromatic nitrogens is 4. The highest BCUT2D eigenvalue weighted by Gasteiger charge is 2.18. The number of nitrogens with one attached hydrogen (secondary N) is 2. The molecule has 0 amide bonds. The van der Waals surface area contributed by atoms with Gasteiger partial charge in [-0.2, -0.15) is 5.10 Å². The molecule has 1 saturated heterocycles. The summed E-state index contributed by atoms with van der Waals surface area (Å²) in [6.45, 7) is 1.10. The molecule has 2 aromatic heterocycles. The first-order valence-corrected chi connectivity index (χ1v) is 6.36. The number of H-pyrrole nitrogens is 1. The lowest BCUT2D eigenvalue weighted by Gasteiger charge is -2.21. The van der Waals surface area contributed by atoms with Crippen LogP contribution < -0.4 is 5.32 Å². The zero-order chi connectivity index (χ0) is 10.8. The summed E-state index contributed by atoms with van der Waals surface area (Å²) in [6, 6.07) is 0.418. The summed E-state index contributed by atoms with van der Waals surface area (Å²) in [4.78, 5) is 8.70. The highest BCUT2D eigenvalue weighted by Crippen LogP contribution is 2.27. The lowest BCUT2D eigenvalue weighted by atomic mass is 10.0. The van der Waals surface area contributed by atoms with E-state index in [0.717, 1.165) is 23.1 Å². The number of thiazole rings is 1. The zero-order valence-electron chi connectivity index (χ0n) is 8.81. The molecule has 3 rings (SSSR count). The van der Waals surface area contributed by atoms with Gasteiger partial charge in [-0.3, -0.25) is 5.10 Å². The quantitative estimate of drug-likeness (QED) is 0.832. The molecular weight excluding hydrogens is 222 g/mol. The van der Waals surface area contributed by atoms with Crippen LogP contribution in [0, 0.1) is 0 Å². The van der Waals surface area contributed by atoms with Crippen LogP contribution in [0.4, 0.5) is 0 Å². The Labute approximate surface area is 97.3 Å². The van der Waals surface area contributed by atoms with Crippen LogP contribution in [-0.4, -0.2) is 26.7 Å². The van der Waals surface area contributed by atoms with E-state index in [1.165, 1.54) is 25.6 Å². The van der Waals surface area contributed by atoms with Crippen LogP contribution >= 0.6 is 11.3 Å². The molecule has 2 N–H and O–H groups in total. The Balaban J connectivity index is 1.82. The standard InChI is InChI=1S/C10H13N5S/c1-2-4-11-7(3-1)8-5-16-10(14-8)9-12-6-13-15-9/h5-7,11H,1-4H2,(H,12,13,15). The molecule has 0 radical (unpaired) electrons. The van der Waals surface area contributed by atoms with Crippen LogP contribution in [0.5, 0.6) is 0 Å². The van der Waals surface area contributed by atoms with E-state index < -0.39 is 0 Å². The van der Waals surface area contributed by atoms with Gasteiger partial charge >= 0.3 is 0 Å². The monoisotopic (exact) mass is 235 g/mol. The predicted molar refractivity (Wildman–Crippen MR) is 62.1 cm³/mol. The van der Waals surface area contributed by atoms with Gasteiger partial charge in [0, 0.05) is 5.38 Å². The Bertz CT molecular complexity index is 443. The average Bonchev–Trinajstić information content (AvgIpc) is 3.01. The molecule has 6 heteroatoms. The summed E-state index contributed by atoms with van der Waals surface area (Å²) in [5, 5.41) is 13.2. The van der Waals surface area contributed by atoms with Gasteiger partial charge in [0.2, 0.25) is 0 Å². The van der Waals surface area contributed by atoms with E-state index in [-0.39, 0.29) is 0 Å². The molecule has 84 valence electrons. The van der Waals surface area contributed by atoms with Crippen LogP contribution in [0.2, 0.25) is 0 Å². The molecule has 3 heterocycles. The first-order chi connectivity index (χ1) is 7.93. The summed E-state index contributed by atoms with van der Waals surface area (Å²) in [7, 11) is 0. The molecule has 2 aromatic rings. The van der Waals surface area contributed by atoms with Gasteiger partial charge in [0.05, 0.1) is 11.7 Å². The summed E-state index contributed by atoms with van der Waals surface area (Å²) in [6.07, 6.45) is 5.25. The Morgan fingerprint density at radius 2 is 2.38 bits per heavy atom. The summed E-state index contributed by atoms with van der Waals surface area (Å²) in [5.41, 5.74) is 1.14. The van der Waals surface area contributed by atoms with E-state index in [4.69, 9.17) is 0 Å². The largest absolute Gasteiger partial charge is 0.309 e. The predicted octanol–water partition coefficient (Wildman–Crippen LogP) is 1.74. The van der Waals surface area contributed by atoms with Crippen molar-refractivity contribution in [3.8, 4) is 10.8 Å². The molecule has 1 aliphatic rings. The summed E-state index contributed by atoms with van der Waals surface area (Å²) >= 11 is 1.62. The molecule has 16 heavy (non-hydrogen) atoms. The third-order valence-corrected chi connectivity index (χ3v) is 3.67. The summed E-state index contributed by atoms with van der Waals surface area (Å²) < 4.78 is 0. The van der Waals surface area contributed by atoms with Gasteiger partial charge in [-0.1, -0.05) is 6.42 Å². The smallest absolute Gasteiger partial charge is 0.184 e. The second-order valence-electron chi connectivity index (χ2n) is 3.91. The molecule has 5 nitrogen and oxygen atoms in total. The zero-order valence-corrected chi connectivity index (χ0v) is 9.63. The van der Waals surface area contributed by atoms with Crippen molar-refractivity contribution in [3.63, 3.8) is 0 Å². The van der Waals surface area contributed by atoms with Crippen molar-refractivity contribution in [2.24, 2.45) is 0 Å². The van der Waals surface area contributed by atoms with Gasteiger partial charge < -0.3 is 5.32 Å². The number of piperidine rings is 1. The molecule has 0 spiro atoms. The maximum Gasteiger partial charge on any atom is 0.184 e.